The Bertz CT molecular complexity index is 723. The maximum atomic E-state index is 14.4. The minimum absolute atomic E-state index is 0.0459. The summed E-state index contributed by atoms with van der Waals surface area (Å²) in [7, 11) is 0. The lowest BCUT2D eigenvalue weighted by molar-refractivity contribution is 0.152. The van der Waals surface area contributed by atoms with Crippen LogP contribution in [0.3, 0.4) is 0 Å². The van der Waals surface area contributed by atoms with Crippen molar-refractivity contribution in [1.82, 2.24) is 0 Å². The fraction of sp³-hybridized carbons (Fsp3) is 0.643. The lowest BCUT2D eigenvalue weighted by atomic mass is 9.68. The van der Waals surface area contributed by atoms with Crippen LogP contribution in [0.25, 0.3) is 0 Å². The summed E-state index contributed by atoms with van der Waals surface area (Å²) >= 11 is 0. The Labute approximate surface area is 188 Å². The lowest BCUT2D eigenvalue weighted by Crippen LogP contribution is -2.25. The smallest absolute Gasteiger partial charge is 0.201 e. The van der Waals surface area contributed by atoms with E-state index in [1.165, 1.54) is 70.5 Å². The Hall–Kier alpha value is -1.64. The summed E-state index contributed by atoms with van der Waals surface area (Å²) in [4.78, 5) is 0. The van der Waals surface area contributed by atoms with Crippen LogP contribution in [-0.2, 0) is 6.42 Å². The van der Waals surface area contributed by atoms with E-state index in [0.717, 1.165) is 24.2 Å². The van der Waals surface area contributed by atoms with Gasteiger partial charge in [0.25, 0.3) is 0 Å². The molecular formula is C28H40F2O. The molecule has 1 aromatic carbocycles. The van der Waals surface area contributed by atoms with E-state index in [9.17, 15) is 8.78 Å². The lowest BCUT2D eigenvalue weighted by Gasteiger charge is -2.37. The Kier molecular flexibility index (Phi) is 9.61. The van der Waals surface area contributed by atoms with Gasteiger partial charge in [0.2, 0.25) is 5.82 Å². The van der Waals surface area contributed by atoms with Gasteiger partial charge in [-0.1, -0.05) is 50.5 Å². The molecule has 0 saturated heterocycles. The normalized spacial score (nSPS) is 27.2. The molecule has 2 fully saturated rings. The van der Waals surface area contributed by atoms with Gasteiger partial charge < -0.3 is 4.74 Å². The van der Waals surface area contributed by atoms with Gasteiger partial charge in [-0.3, -0.25) is 0 Å². The second kappa shape index (κ2) is 12.4. The highest BCUT2D eigenvalue weighted by molar-refractivity contribution is 5.31. The van der Waals surface area contributed by atoms with Crippen LogP contribution in [0.1, 0.15) is 90.0 Å². The van der Waals surface area contributed by atoms with Crippen molar-refractivity contribution in [3.05, 3.63) is 53.8 Å². The van der Waals surface area contributed by atoms with Gasteiger partial charge >= 0.3 is 0 Å². The van der Waals surface area contributed by atoms with E-state index in [2.05, 4.69) is 19.1 Å². The second-order valence-corrected chi connectivity index (χ2v) is 9.65. The largest absolute Gasteiger partial charge is 0.462 e. The predicted octanol–water partition coefficient (Wildman–Crippen LogP) is 8.78. The highest BCUT2D eigenvalue weighted by atomic mass is 19.2. The molecule has 0 amide bonds. The van der Waals surface area contributed by atoms with E-state index in [1.54, 1.807) is 25.1 Å². The summed E-state index contributed by atoms with van der Waals surface area (Å²) in [6.07, 6.45) is 22.5. The number of aryl methyl sites for hydroxylation is 1. The van der Waals surface area contributed by atoms with Crippen LogP contribution in [-0.4, -0.2) is 0 Å². The molecule has 0 heterocycles. The third kappa shape index (κ3) is 6.92. The predicted molar refractivity (Wildman–Crippen MR) is 125 cm³/mol. The third-order valence-corrected chi connectivity index (χ3v) is 7.52. The molecule has 0 atom stereocenters. The van der Waals surface area contributed by atoms with Crippen molar-refractivity contribution in [3.8, 4) is 5.75 Å². The zero-order valence-corrected chi connectivity index (χ0v) is 19.4. The Morgan fingerprint density at radius 3 is 2.26 bits per heavy atom. The molecule has 0 radical (unpaired) electrons. The molecule has 0 spiro atoms. The number of unbranched alkanes of at least 4 members (excludes halogenated alkanes) is 1. The first-order valence-electron chi connectivity index (χ1n) is 12.5. The van der Waals surface area contributed by atoms with Crippen LogP contribution in [0.2, 0.25) is 0 Å². The molecule has 2 aliphatic carbocycles. The number of benzene rings is 1. The highest BCUT2D eigenvalue weighted by Crippen LogP contribution is 2.42. The number of halogens is 2. The van der Waals surface area contributed by atoms with Crippen molar-refractivity contribution in [2.24, 2.45) is 23.7 Å². The zero-order chi connectivity index (χ0) is 22.1. The van der Waals surface area contributed by atoms with Crippen molar-refractivity contribution >= 4 is 0 Å². The maximum Gasteiger partial charge on any atom is 0.201 e. The van der Waals surface area contributed by atoms with Gasteiger partial charge in [0.15, 0.2) is 11.6 Å². The molecule has 2 aliphatic rings. The van der Waals surface area contributed by atoms with E-state index < -0.39 is 11.6 Å². The Balaban J connectivity index is 1.40. The van der Waals surface area contributed by atoms with Gasteiger partial charge in [-0.2, -0.15) is 4.39 Å². The quantitative estimate of drug-likeness (QED) is 0.281. The van der Waals surface area contributed by atoms with Gasteiger partial charge in [-0.15, -0.1) is 0 Å². The average Bonchev–Trinajstić information content (AvgIpc) is 2.80. The molecule has 1 nitrogen and oxygen atoms in total. The van der Waals surface area contributed by atoms with Crippen LogP contribution >= 0.6 is 0 Å². The first-order chi connectivity index (χ1) is 15.1. The van der Waals surface area contributed by atoms with E-state index in [4.69, 9.17) is 4.74 Å². The van der Waals surface area contributed by atoms with Crippen LogP contribution in [0.15, 0.2) is 36.6 Å². The highest BCUT2D eigenvalue weighted by Gasteiger charge is 2.30. The summed E-state index contributed by atoms with van der Waals surface area (Å²) in [5.74, 6) is 1.58. The average molecular weight is 431 g/mol. The SMILES string of the molecule is C/C=C/Oc1ccc(CCC2CCC(C3CCC(/C=C/CCC)CC3)CC2)c(F)c1F. The monoisotopic (exact) mass is 430 g/mol. The van der Waals surface area contributed by atoms with Gasteiger partial charge in [-0.25, -0.2) is 4.39 Å². The van der Waals surface area contributed by atoms with Crippen LogP contribution in [0.4, 0.5) is 8.78 Å². The third-order valence-electron chi connectivity index (χ3n) is 7.52. The molecule has 2 saturated carbocycles. The molecule has 172 valence electrons. The molecule has 0 unspecified atom stereocenters. The number of hydrogen-bond donors (Lipinski definition) is 0. The molecular weight excluding hydrogens is 390 g/mol. The van der Waals surface area contributed by atoms with Gasteiger partial charge in [0.1, 0.15) is 0 Å². The summed E-state index contributed by atoms with van der Waals surface area (Å²) in [6.45, 7) is 4.01. The van der Waals surface area contributed by atoms with Crippen LogP contribution in [0, 0.1) is 35.3 Å². The number of allylic oxidation sites excluding steroid dienone is 3. The molecule has 31 heavy (non-hydrogen) atoms. The first-order valence-corrected chi connectivity index (χ1v) is 12.5. The second-order valence-electron chi connectivity index (χ2n) is 9.65. The molecule has 0 N–H and O–H groups in total. The molecule has 0 bridgehead atoms. The van der Waals surface area contributed by atoms with E-state index in [0.29, 0.717) is 17.9 Å². The van der Waals surface area contributed by atoms with Crippen molar-refractivity contribution in [1.29, 1.82) is 0 Å². The number of rotatable bonds is 9. The van der Waals surface area contributed by atoms with E-state index in [-0.39, 0.29) is 5.75 Å². The number of hydrogen-bond acceptors (Lipinski definition) is 1. The minimum Gasteiger partial charge on any atom is -0.462 e. The molecule has 3 heteroatoms. The summed E-state index contributed by atoms with van der Waals surface area (Å²) < 4.78 is 33.7. The minimum atomic E-state index is -0.876. The van der Waals surface area contributed by atoms with Crippen molar-refractivity contribution in [3.63, 3.8) is 0 Å². The first kappa shape index (κ1) is 24.0. The Morgan fingerprint density at radius 2 is 1.61 bits per heavy atom. The van der Waals surface area contributed by atoms with Gasteiger partial charge in [0, 0.05) is 0 Å². The zero-order valence-electron chi connectivity index (χ0n) is 19.4. The summed E-state index contributed by atoms with van der Waals surface area (Å²) in [5, 5.41) is 0. The molecule has 1 aromatic rings. The van der Waals surface area contributed by atoms with E-state index >= 15 is 0 Å². The molecule has 0 aromatic heterocycles. The number of ether oxygens (including phenoxy) is 1. The van der Waals surface area contributed by atoms with Crippen molar-refractivity contribution in [2.75, 3.05) is 0 Å². The van der Waals surface area contributed by atoms with Crippen LogP contribution in [0.5, 0.6) is 5.75 Å². The van der Waals surface area contributed by atoms with Crippen LogP contribution < -0.4 is 4.74 Å². The topological polar surface area (TPSA) is 9.23 Å². The Morgan fingerprint density at radius 1 is 0.935 bits per heavy atom. The van der Waals surface area contributed by atoms with Gasteiger partial charge in [-0.05, 0) is 100 Å². The van der Waals surface area contributed by atoms with Gasteiger partial charge in [0.05, 0.1) is 6.26 Å². The van der Waals surface area contributed by atoms with E-state index in [1.807, 2.05) is 0 Å². The fourth-order valence-electron chi connectivity index (χ4n) is 5.57. The standard InChI is InChI=1S/C28H40F2O/c1-3-5-6-7-21-8-13-23(14-9-21)24-15-10-22(11-16-24)12-17-25-18-19-26(31-20-4-2)28(30)27(25)29/h4,6-7,18-24H,3,5,8-17H2,1-2H3/b7-6+,20-4+. The summed E-state index contributed by atoms with van der Waals surface area (Å²) in [6, 6.07) is 3.22. The van der Waals surface area contributed by atoms with Crippen molar-refractivity contribution < 1.29 is 13.5 Å². The molecule has 0 aliphatic heterocycles. The fourth-order valence-corrected chi connectivity index (χ4v) is 5.57. The summed E-state index contributed by atoms with van der Waals surface area (Å²) in [5.41, 5.74) is 0.474. The van der Waals surface area contributed by atoms with Crippen molar-refractivity contribution in [2.45, 2.75) is 90.9 Å². The molecule has 3 rings (SSSR count). The maximum absolute atomic E-state index is 14.4.